The first-order valence-corrected chi connectivity index (χ1v) is 5.86. The summed E-state index contributed by atoms with van der Waals surface area (Å²) in [5, 5.41) is 3.48. The number of likely N-dealkylation sites (N-methyl/N-ethyl adjacent to an activating group) is 1. The van der Waals surface area contributed by atoms with Crippen molar-refractivity contribution in [1.29, 1.82) is 0 Å². The highest BCUT2D eigenvalue weighted by atomic mass is 16.5. The Kier molecular flexibility index (Phi) is 3.80. The molecule has 3 heteroatoms. The summed E-state index contributed by atoms with van der Waals surface area (Å²) in [5.41, 5.74) is 1.33. The molecule has 1 N–H and O–H groups in total. The minimum absolute atomic E-state index is 0.456. The molecule has 1 aliphatic rings. The van der Waals surface area contributed by atoms with Crippen LogP contribution in [-0.2, 0) is 0 Å². The lowest BCUT2D eigenvalue weighted by atomic mass is 10.1. The van der Waals surface area contributed by atoms with E-state index in [0.717, 1.165) is 25.4 Å². The van der Waals surface area contributed by atoms with E-state index < -0.39 is 0 Å². The second-order valence-electron chi connectivity index (χ2n) is 4.33. The molecule has 1 atom stereocenters. The highest BCUT2D eigenvalue weighted by Crippen LogP contribution is 2.23. The van der Waals surface area contributed by atoms with Crippen LogP contribution >= 0.6 is 0 Å². The molecule has 0 saturated carbocycles. The summed E-state index contributed by atoms with van der Waals surface area (Å²) in [4.78, 5) is 2.41. The maximum Gasteiger partial charge on any atom is 0.119 e. The van der Waals surface area contributed by atoms with E-state index in [1.807, 2.05) is 6.07 Å². The Morgan fingerprint density at radius 1 is 1.44 bits per heavy atom. The number of hydrogen-bond donors (Lipinski definition) is 1. The quantitative estimate of drug-likeness (QED) is 0.820. The van der Waals surface area contributed by atoms with Crippen LogP contribution in [0.3, 0.4) is 0 Å². The lowest BCUT2D eigenvalue weighted by Gasteiger charge is -2.26. The molecule has 1 aliphatic heterocycles. The van der Waals surface area contributed by atoms with E-state index in [1.54, 1.807) is 7.11 Å². The summed E-state index contributed by atoms with van der Waals surface area (Å²) >= 11 is 0. The van der Waals surface area contributed by atoms with Gasteiger partial charge in [-0.3, -0.25) is 4.90 Å². The van der Waals surface area contributed by atoms with Crippen LogP contribution in [0.15, 0.2) is 24.3 Å². The molecule has 2 rings (SSSR count). The maximum atomic E-state index is 5.27. The molecule has 1 unspecified atom stereocenters. The summed E-state index contributed by atoms with van der Waals surface area (Å²) < 4.78 is 5.27. The number of benzene rings is 1. The summed E-state index contributed by atoms with van der Waals surface area (Å²) in [5.74, 6) is 0.940. The fourth-order valence-corrected chi connectivity index (χ4v) is 2.23. The third kappa shape index (κ3) is 2.54. The molecule has 16 heavy (non-hydrogen) atoms. The zero-order chi connectivity index (χ0) is 11.4. The van der Waals surface area contributed by atoms with Crippen molar-refractivity contribution in [2.24, 2.45) is 0 Å². The van der Waals surface area contributed by atoms with Crippen LogP contribution in [-0.4, -0.2) is 38.7 Å². The predicted octanol–water partition coefficient (Wildman–Crippen LogP) is 1.66. The molecule has 0 aliphatic carbocycles. The second-order valence-corrected chi connectivity index (χ2v) is 4.33. The van der Waals surface area contributed by atoms with Gasteiger partial charge < -0.3 is 10.1 Å². The Labute approximate surface area is 97.4 Å². The summed E-state index contributed by atoms with van der Waals surface area (Å²) in [6, 6.07) is 8.82. The van der Waals surface area contributed by atoms with Crippen LogP contribution in [0.2, 0.25) is 0 Å². The van der Waals surface area contributed by atoms with Crippen LogP contribution in [0, 0.1) is 0 Å². The molecule has 88 valence electrons. The molecular formula is C13H20N2O. The summed E-state index contributed by atoms with van der Waals surface area (Å²) in [6.07, 6.45) is 1.22. The van der Waals surface area contributed by atoms with Crippen molar-refractivity contribution in [3.63, 3.8) is 0 Å². The van der Waals surface area contributed by atoms with Gasteiger partial charge in [0.2, 0.25) is 0 Å². The largest absolute Gasteiger partial charge is 0.497 e. The van der Waals surface area contributed by atoms with Gasteiger partial charge in [-0.05, 0) is 44.3 Å². The van der Waals surface area contributed by atoms with Gasteiger partial charge in [0.15, 0.2) is 0 Å². The van der Waals surface area contributed by atoms with Crippen LogP contribution in [0.25, 0.3) is 0 Å². The van der Waals surface area contributed by atoms with Gasteiger partial charge in [0.1, 0.15) is 5.75 Å². The molecule has 3 nitrogen and oxygen atoms in total. The first kappa shape index (κ1) is 11.4. The second kappa shape index (κ2) is 5.32. The van der Waals surface area contributed by atoms with Gasteiger partial charge in [-0.2, -0.15) is 0 Å². The number of hydrogen-bond acceptors (Lipinski definition) is 3. The van der Waals surface area contributed by atoms with Crippen molar-refractivity contribution in [2.45, 2.75) is 12.5 Å². The van der Waals surface area contributed by atoms with Gasteiger partial charge in [-0.25, -0.2) is 0 Å². The first-order valence-electron chi connectivity index (χ1n) is 5.86. The third-order valence-electron chi connectivity index (χ3n) is 3.21. The van der Waals surface area contributed by atoms with Crippen LogP contribution in [0.1, 0.15) is 18.0 Å². The topological polar surface area (TPSA) is 24.5 Å². The van der Waals surface area contributed by atoms with Crippen molar-refractivity contribution in [3.8, 4) is 5.75 Å². The Morgan fingerprint density at radius 2 is 2.31 bits per heavy atom. The highest BCUT2D eigenvalue weighted by molar-refractivity contribution is 5.30. The van der Waals surface area contributed by atoms with Crippen molar-refractivity contribution in [2.75, 3.05) is 33.8 Å². The van der Waals surface area contributed by atoms with Crippen LogP contribution in [0.5, 0.6) is 5.75 Å². The fourth-order valence-electron chi connectivity index (χ4n) is 2.23. The molecule has 1 heterocycles. The number of rotatable bonds is 2. The molecule has 1 aromatic carbocycles. The van der Waals surface area contributed by atoms with Crippen LogP contribution in [0.4, 0.5) is 0 Å². The van der Waals surface area contributed by atoms with E-state index >= 15 is 0 Å². The molecule has 0 radical (unpaired) electrons. The molecule has 0 amide bonds. The van der Waals surface area contributed by atoms with E-state index in [0.29, 0.717) is 6.04 Å². The monoisotopic (exact) mass is 220 g/mol. The van der Waals surface area contributed by atoms with Crippen molar-refractivity contribution in [1.82, 2.24) is 10.2 Å². The van der Waals surface area contributed by atoms with E-state index in [2.05, 4.69) is 35.5 Å². The lowest BCUT2D eigenvalue weighted by Crippen LogP contribution is -2.29. The predicted molar refractivity (Wildman–Crippen MR) is 65.9 cm³/mol. The fraction of sp³-hybridized carbons (Fsp3) is 0.538. The van der Waals surface area contributed by atoms with Crippen molar-refractivity contribution < 1.29 is 4.74 Å². The maximum absolute atomic E-state index is 5.27. The van der Waals surface area contributed by atoms with Gasteiger partial charge in [0.05, 0.1) is 7.11 Å². The molecule has 0 spiro atoms. The smallest absolute Gasteiger partial charge is 0.119 e. The van der Waals surface area contributed by atoms with E-state index in [4.69, 9.17) is 4.74 Å². The minimum atomic E-state index is 0.456. The van der Waals surface area contributed by atoms with E-state index in [1.165, 1.54) is 12.0 Å². The Hall–Kier alpha value is -1.06. The first-order chi connectivity index (χ1) is 7.81. The average Bonchev–Trinajstić information content (AvgIpc) is 2.54. The van der Waals surface area contributed by atoms with Gasteiger partial charge in [-0.15, -0.1) is 0 Å². The SMILES string of the molecule is COc1cccc(C2CNCCCN2C)c1. The lowest BCUT2D eigenvalue weighted by molar-refractivity contribution is 0.261. The average molecular weight is 220 g/mol. The standard InChI is InChI=1S/C13H20N2O/c1-15-8-4-7-14-10-13(15)11-5-3-6-12(9-11)16-2/h3,5-6,9,13-14H,4,7-8,10H2,1-2H3. The van der Waals surface area contributed by atoms with Gasteiger partial charge >= 0.3 is 0 Å². The normalized spacial score (nSPS) is 22.8. The van der Waals surface area contributed by atoms with Gasteiger partial charge in [0, 0.05) is 12.6 Å². The Balaban J connectivity index is 2.19. The Bertz CT molecular complexity index is 340. The zero-order valence-electron chi connectivity index (χ0n) is 10.1. The number of ether oxygens (including phenoxy) is 1. The Morgan fingerprint density at radius 3 is 3.12 bits per heavy atom. The molecule has 1 fully saturated rings. The third-order valence-corrected chi connectivity index (χ3v) is 3.21. The zero-order valence-corrected chi connectivity index (χ0v) is 10.1. The molecule has 0 bridgehead atoms. The van der Waals surface area contributed by atoms with Crippen molar-refractivity contribution >= 4 is 0 Å². The molecular weight excluding hydrogens is 200 g/mol. The molecule has 1 aromatic rings. The van der Waals surface area contributed by atoms with Crippen molar-refractivity contribution in [3.05, 3.63) is 29.8 Å². The number of nitrogens with one attached hydrogen (secondary N) is 1. The van der Waals surface area contributed by atoms with Crippen LogP contribution < -0.4 is 10.1 Å². The van der Waals surface area contributed by atoms with Gasteiger partial charge in [-0.1, -0.05) is 12.1 Å². The van der Waals surface area contributed by atoms with Gasteiger partial charge in [0.25, 0.3) is 0 Å². The number of nitrogens with zero attached hydrogens (tertiary/aromatic N) is 1. The highest BCUT2D eigenvalue weighted by Gasteiger charge is 2.19. The van der Waals surface area contributed by atoms with E-state index in [-0.39, 0.29) is 0 Å². The van der Waals surface area contributed by atoms with E-state index in [9.17, 15) is 0 Å². The summed E-state index contributed by atoms with van der Waals surface area (Å²) in [6.45, 7) is 3.28. The summed E-state index contributed by atoms with van der Waals surface area (Å²) in [7, 11) is 3.91. The molecule has 0 aromatic heterocycles. The molecule has 1 saturated heterocycles. The minimum Gasteiger partial charge on any atom is -0.497 e. The number of methoxy groups -OCH3 is 1.